The molecule has 0 bridgehead atoms. The number of carboxylic acids is 1. The van der Waals surface area contributed by atoms with Gasteiger partial charge in [0, 0.05) is 13.1 Å². The first-order valence-electron chi connectivity index (χ1n) is 6.84. The Bertz CT molecular complexity index is 480. The van der Waals surface area contributed by atoms with Crippen molar-refractivity contribution in [3.05, 3.63) is 30.1 Å². The highest BCUT2D eigenvalue weighted by Crippen LogP contribution is 2.29. The van der Waals surface area contributed by atoms with Gasteiger partial charge in [0.1, 0.15) is 6.61 Å². The first-order chi connectivity index (χ1) is 9.51. The summed E-state index contributed by atoms with van der Waals surface area (Å²) < 4.78 is 18.8. The zero-order valence-corrected chi connectivity index (χ0v) is 11.6. The van der Waals surface area contributed by atoms with Crippen molar-refractivity contribution in [2.24, 2.45) is 5.41 Å². The van der Waals surface area contributed by atoms with E-state index in [2.05, 4.69) is 4.90 Å². The van der Waals surface area contributed by atoms with E-state index in [-0.39, 0.29) is 11.6 Å². The Balaban J connectivity index is 1.83. The summed E-state index contributed by atoms with van der Waals surface area (Å²) in [5.41, 5.74) is -0.684. The Morgan fingerprint density at radius 1 is 1.50 bits per heavy atom. The van der Waals surface area contributed by atoms with Crippen LogP contribution in [0.2, 0.25) is 0 Å². The number of carboxylic acid groups (broad SMARTS) is 1. The second-order valence-electron chi connectivity index (χ2n) is 5.52. The molecule has 4 nitrogen and oxygen atoms in total. The topological polar surface area (TPSA) is 49.8 Å². The van der Waals surface area contributed by atoms with Crippen molar-refractivity contribution in [2.75, 3.05) is 26.2 Å². The summed E-state index contributed by atoms with van der Waals surface area (Å²) in [6.45, 7) is 4.12. The minimum Gasteiger partial charge on any atom is -0.489 e. The molecule has 2 rings (SSSR count). The second-order valence-corrected chi connectivity index (χ2v) is 5.52. The van der Waals surface area contributed by atoms with E-state index in [1.165, 1.54) is 6.07 Å². The fourth-order valence-corrected chi connectivity index (χ4v) is 2.56. The van der Waals surface area contributed by atoms with Crippen LogP contribution in [0.4, 0.5) is 4.39 Å². The van der Waals surface area contributed by atoms with E-state index in [1.54, 1.807) is 25.1 Å². The molecule has 1 aliphatic rings. The molecule has 0 amide bonds. The molecule has 1 N–H and O–H groups in total. The average molecular weight is 281 g/mol. The van der Waals surface area contributed by atoms with Gasteiger partial charge in [-0.2, -0.15) is 0 Å². The van der Waals surface area contributed by atoms with Crippen molar-refractivity contribution in [3.8, 4) is 5.75 Å². The average Bonchev–Trinajstić information content (AvgIpc) is 2.41. The van der Waals surface area contributed by atoms with E-state index in [9.17, 15) is 14.3 Å². The van der Waals surface area contributed by atoms with Gasteiger partial charge in [0.05, 0.1) is 5.41 Å². The maximum atomic E-state index is 13.4. The van der Waals surface area contributed by atoms with Crippen LogP contribution in [-0.2, 0) is 4.79 Å². The van der Waals surface area contributed by atoms with E-state index >= 15 is 0 Å². The maximum Gasteiger partial charge on any atom is 0.310 e. The van der Waals surface area contributed by atoms with E-state index < -0.39 is 11.4 Å². The van der Waals surface area contributed by atoms with Gasteiger partial charge >= 0.3 is 5.97 Å². The molecule has 0 aromatic heterocycles. The lowest BCUT2D eigenvalue weighted by atomic mass is 9.82. The zero-order chi connectivity index (χ0) is 14.6. The smallest absolute Gasteiger partial charge is 0.310 e. The van der Waals surface area contributed by atoms with Gasteiger partial charge in [0.2, 0.25) is 0 Å². The Kier molecular flexibility index (Phi) is 4.60. The Morgan fingerprint density at radius 2 is 2.25 bits per heavy atom. The van der Waals surface area contributed by atoms with E-state index in [0.29, 0.717) is 26.1 Å². The summed E-state index contributed by atoms with van der Waals surface area (Å²) in [4.78, 5) is 13.3. The van der Waals surface area contributed by atoms with Gasteiger partial charge in [-0.15, -0.1) is 0 Å². The molecule has 1 saturated heterocycles. The zero-order valence-electron chi connectivity index (χ0n) is 11.6. The van der Waals surface area contributed by atoms with E-state index in [0.717, 1.165) is 13.0 Å². The third kappa shape index (κ3) is 3.48. The molecular weight excluding hydrogens is 261 g/mol. The number of hydrogen-bond donors (Lipinski definition) is 1. The van der Waals surface area contributed by atoms with Crippen molar-refractivity contribution >= 4 is 5.97 Å². The van der Waals surface area contributed by atoms with Gasteiger partial charge in [-0.25, -0.2) is 4.39 Å². The summed E-state index contributed by atoms with van der Waals surface area (Å²) in [7, 11) is 0. The van der Waals surface area contributed by atoms with Crippen LogP contribution in [0.1, 0.15) is 19.8 Å². The van der Waals surface area contributed by atoms with Gasteiger partial charge in [0.25, 0.3) is 0 Å². The summed E-state index contributed by atoms with van der Waals surface area (Å²) in [6.07, 6.45) is 1.56. The summed E-state index contributed by atoms with van der Waals surface area (Å²) in [6, 6.07) is 6.29. The minimum atomic E-state index is -0.753. The molecule has 1 heterocycles. The molecular formula is C15H20FNO3. The van der Waals surface area contributed by atoms with Crippen molar-refractivity contribution in [3.63, 3.8) is 0 Å². The predicted molar refractivity (Wildman–Crippen MR) is 73.3 cm³/mol. The Labute approximate surface area is 118 Å². The van der Waals surface area contributed by atoms with Crippen molar-refractivity contribution in [2.45, 2.75) is 19.8 Å². The first kappa shape index (κ1) is 14.8. The normalized spacial score (nSPS) is 23.5. The molecule has 1 fully saturated rings. The Morgan fingerprint density at radius 3 is 2.95 bits per heavy atom. The number of para-hydroxylation sites is 1. The molecule has 0 radical (unpaired) electrons. The predicted octanol–water partition coefficient (Wildman–Crippen LogP) is 2.39. The number of benzene rings is 1. The third-order valence-corrected chi connectivity index (χ3v) is 3.79. The van der Waals surface area contributed by atoms with Crippen molar-refractivity contribution in [1.82, 2.24) is 4.90 Å². The molecule has 1 unspecified atom stereocenters. The van der Waals surface area contributed by atoms with Crippen LogP contribution in [0.15, 0.2) is 24.3 Å². The highest BCUT2D eigenvalue weighted by atomic mass is 19.1. The lowest BCUT2D eigenvalue weighted by Gasteiger charge is -2.37. The Hall–Kier alpha value is -1.62. The summed E-state index contributed by atoms with van der Waals surface area (Å²) in [5, 5.41) is 9.25. The molecule has 0 saturated carbocycles. The molecule has 5 heteroatoms. The first-order valence-corrected chi connectivity index (χ1v) is 6.84. The van der Waals surface area contributed by atoms with E-state index in [1.807, 2.05) is 0 Å². The largest absolute Gasteiger partial charge is 0.489 e. The van der Waals surface area contributed by atoms with Crippen LogP contribution in [0, 0.1) is 11.2 Å². The minimum absolute atomic E-state index is 0.241. The highest BCUT2D eigenvalue weighted by molar-refractivity contribution is 5.74. The SMILES string of the molecule is CC1(C(=O)O)CCCN(CCOc2ccccc2F)C1. The number of halogens is 1. The number of likely N-dealkylation sites (tertiary alicyclic amines) is 1. The number of aliphatic carboxylic acids is 1. The van der Waals surface area contributed by atoms with Crippen molar-refractivity contribution < 1.29 is 19.0 Å². The molecule has 1 aromatic rings. The number of nitrogens with zero attached hydrogens (tertiary/aromatic N) is 1. The van der Waals surface area contributed by atoms with Gasteiger partial charge in [-0.3, -0.25) is 9.69 Å². The molecule has 1 aliphatic heterocycles. The maximum absolute atomic E-state index is 13.4. The van der Waals surface area contributed by atoms with E-state index in [4.69, 9.17) is 4.74 Å². The van der Waals surface area contributed by atoms with Crippen LogP contribution >= 0.6 is 0 Å². The van der Waals surface area contributed by atoms with Gasteiger partial charge in [-0.05, 0) is 38.4 Å². The highest BCUT2D eigenvalue weighted by Gasteiger charge is 2.37. The standard InChI is InChI=1S/C15H20FNO3/c1-15(14(18)19)7-4-8-17(11-15)9-10-20-13-6-3-2-5-12(13)16/h2-3,5-6H,4,7-11H2,1H3,(H,18,19). The lowest BCUT2D eigenvalue weighted by Crippen LogP contribution is -2.47. The van der Waals surface area contributed by atoms with Gasteiger partial charge in [-0.1, -0.05) is 12.1 Å². The van der Waals surface area contributed by atoms with Crippen molar-refractivity contribution in [1.29, 1.82) is 0 Å². The van der Waals surface area contributed by atoms with Gasteiger partial charge < -0.3 is 9.84 Å². The molecule has 110 valence electrons. The van der Waals surface area contributed by atoms with Crippen LogP contribution < -0.4 is 4.74 Å². The van der Waals surface area contributed by atoms with Crippen LogP contribution in [0.3, 0.4) is 0 Å². The monoisotopic (exact) mass is 281 g/mol. The number of ether oxygens (including phenoxy) is 1. The van der Waals surface area contributed by atoms with Crippen LogP contribution in [0.25, 0.3) is 0 Å². The molecule has 1 atom stereocenters. The molecule has 20 heavy (non-hydrogen) atoms. The fraction of sp³-hybridized carbons (Fsp3) is 0.533. The molecule has 1 aromatic carbocycles. The second kappa shape index (κ2) is 6.22. The fourth-order valence-electron chi connectivity index (χ4n) is 2.56. The number of carbonyl (C=O) groups is 1. The number of hydrogen-bond acceptors (Lipinski definition) is 3. The van der Waals surface area contributed by atoms with Crippen LogP contribution in [-0.4, -0.2) is 42.2 Å². The quantitative estimate of drug-likeness (QED) is 0.900. The lowest BCUT2D eigenvalue weighted by molar-refractivity contribution is -0.151. The number of piperidine rings is 1. The number of rotatable bonds is 5. The van der Waals surface area contributed by atoms with Crippen LogP contribution in [0.5, 0.6) is 5.75 Å². The van der Waals surface area contributed by atoms with Gasteiger partial charge in [0.15, 0.2) is 11.6 Å². The summed E-state index contributed by atoms with van der Waals surface area (Å²) in [5.74, 6) is -0.885. The third-order valence-electron chi connectivity index (χ3n) is 3.79. The summed E-state index contributed by atoms with van der Waals surface area (Å²) >= 11 is 0. The molecule has 0 aliphatic carbocycles. The molecule has 0 spiro atoms.